The van der Waals surface area contributed by atoms with Crippen molar-refractivity contribution in [3.05, 3.63) is 89.8 Å². The van der Waals surface area contributed by atoms with Crippen molar-refractivity contribution in [2.24, 2.45) is 0 Å². The fourth-order valence-electron chi connectivity index (χ4n) is 4.12. The molecule has 5 rings (SSSR count). The summed E-state index contributed by atoms with van der Waals surface area (Å²) in [6.07, 6.45) is 11.5. The minimum atomic E-state index is 0.224. The molecule has 0 aliphatic heterocycles. The third-order valence-electron chi connectivity index (χ3n) is 5.62. The Balaban J connectivity index is 1.71. The molecule has 1 heterocycles. The molecule has 0 radical (unpaired) electrons. The first-order valence-electron chi connectivity index (χ1n) is 9.80. The molecule has 2 aliphatic carbocycles. The standard InChI is InChI=1S/C25H22N2O/c1-28-20-14-11-18(12-15-20)23-22-16-13-17-7-5-6-10-21(17)24(22)27-25(26-23)19-8-3-2-4-9-19/h2-8,10-12,14-15,19H,9,13,16H2,1H3. The van der Waals surface area contributed by atoms with Gasteiger partial charge in [0.2, 0.25) is 0 Å². The van der Waals surface area contributed by atoms with E-state index in [0.29, 0.717) is 0 Å². The molecule has 3 nitrogen and oxygen atoms in total. The molecule has 0 saturated heterocycles. The molecule has 1 aromatic heterocycles. The lowest BCUT2D eigenvalue weighted by molar-refractivity contribution is 0.415. The lowest BCUT2D eigenvalue weighted by atomic mass is 9.86. The molecule has 0 spiro atoms. The number of benzene rings is 2. The molecule has 138 valence electrons. The summed E-state index contributed by atoms with van der Waals surface area (Å²) in [5.41, 5.74) is 7.15. The number of methoxy groups -OCH3 is 1. The zero-order chi connectivity index (χ0) is 18.9. The second-order valence-electron chi connectivity index (χ2n) is 7.30. The van der Waals surface area contributed by atoms with Crippen molar-refractivity contribution >= 4 is 0 Å². The molecule has 2 aliphatic rings. The monoisotopic (exact) mass is 366 g/mol. The molecular formula is C25H22N2O. The number of fused-ring (bicyclic) bond motifs is 3. The molecule has 28 heavy (non-hydrogen) atoms. The topological polar surface area (TPSA) is 35.0 Å². The van der Waals surface area contributed by atoms with Crippen LogP contribution >= 0.6 is 0 Å². The summed E-state index contributed by atoms with van der Waals surface area (Å²) in [7, 11) is 1.69. The molecule has 3 heteroatoms. The van der Waals surface area contributed by atoms with Crippen molar-refractivity contribution in [1.29, 1.82) is 0 Å². The Hall–Kier alpha value is -3.20. The van der Waals surface area contributed by atoms with E-state index in [1.54, 1.807) is 7.11 Å². The molecule has 2 aromatic carbocycles. The van der Waals surface area contributed by atoms with Gasteiger partial charge in [-0.3, -0.25) is 0 Å². The Labute approximate surface area is 165 Å². The Morgan fingerprint density at radius 2 is 1.71 bits per heavy atom. The summed E-state index contributed by atoms with van der Waals surface area (Å²) in [5.74, 6) is 1.99. The van der Waals surface area contributed by atoms with Crippen molar-refractivity contribution in [3.8, 4) is 28.3 Å². The normalized spacial score (nSPS) is 17.1. The summed E-state index contributed by atoms with van der Waals surface area (Å²) >= 11 is 0. The molecule has 1 unspecified atom stereocenters. The maximum absolute atomic E-state index is 5.33. The van der Waals surface area contributed by atoms with Gasteiger partial charge < -0.3 is 4.74 Å². The summed E-state index contributed by atoms with van der Waals surface area (Å²) in [4.78, 5) is 10.1. The van der Waals surface area contributed by atoms with E-state index in [1.165, 1.54) is 16.7 Å². The summed E-state index contributed by atoms with van der Waals surface area (Å²) in [6.45, 7) is 0. The third-order valence-corrected chi connectivity index (χ3v) is 5.62. The highest BCUT2D eigenvalue weighted by molar-refractivity contribution is 5.77. The molecule has 0 fully saturated rings. The minimum Gasteiger partial charge on any atom is -0.497 e. The molecule has 0 saturated carbocycles. The van der Waals surface area contributed by atoms with Gasteiger partial charge in [0.05, 0.1) is 18.5 Å². The first-order valence-corrected chi connectivity index (χ1v) is 9.80. The highest BCUT2D eigenvalue weighted by atomic mass is 16.5. The van der Waals surface area contributed by atoms with Gasteiger partial charge in [-0.15, -0.1) is 0 Å². The smallest absolute Gasteiger partial charge is 0.136 e. The van der Waals surface area contributed by atoms with Crippen LogP contribution < -0.4 is 4.74 Å². The molecule has 0 amide bonds. The van der Waals surface area contributed by atoms with E-state index in [-0.39, 0.29) is 5.92 Å². The van der Waals surface area contributed by atoms with E-state index in [2.05, 4.69) is 60.7 Å². The number of nitrogens with zero attached hydrogens (tertiary/aromatic N) is 2. The number of hydrogen-bond acceptors (Lipinski definition) is 3. The largest absolute Gasteiger partial charge is 0.497 e. The second kappa shape index (κ2) is 7.08. The second-order valence-corrected chi connectivity index (χ2v) is 7.30. The highest BCUT2D eigenvalue weighted by Gasteiger charge is 2.25. The van der Waals surface area contributed by atoms with Crippen LogP contribution in [0.2, 0.25) is 0 Å². The van der Waals surface area contributed by atoms with Gasteiger partial charge >= 0.3 is 0 Å². The predicted octanol–water partition coefficient (Wildman–Crippen LogP) is 5.52. The van der Waals surface area contributed by atoms with E-state index in [9.17, 15) is 0 Å². The van der Waals surface area contributed by atoms with Gasteiger partial charge in [0, 0.05) is 22.6 Å². The van der Waals surface area contributed by atoms with Gasteiger partial charge in [0.1, 0.15) is 11.6 Å². The first kappa shape index (κ1) is 16.9. The van der Waals surface area contributed by atoms with Crippen molar-refractivity contribution in [1.82, 2.24) is 9.97 Å². The highest BCUT2D eigenvalue weighted by Crippen LogP contribution is 2.38. The number of aromatic nitrogens is 2. The number of allylic oxidation sites excluding steroid dienone is 4. The van der Waals surface area contributed by atoms with Gasteiger partial charge in [-0.25, -0.2) is 9.97 Å². The Morgan fingerprint density at radius 3 is 2.50 bits per heavy atom. The lowest BCUT2D eigenvalue weighted by Gasteiger charge is -2.24. The quantitative estimate of drug-likeness (QED) is 0.612. The maximum Gasteiger partial charge on any atom is 0.136 e. The average Bonchev–Trinajstić information content (AvgIpc) is 2.79. The van der Waals surface area contributed by atoms with Gasteiger partial charge in [0.25, 0.3) is 0 Å². The van der Waals surface area contributed by atoms with Crippen LogP contribution in [-0.4, -0.2) is 17.1 Å². The molecule has 3 aromatic rings. The fourth-order valence-corrected chi connectivity index (χ4v) is 4.12. The van der Waals surface area contributed by atoms with Crippen LogP contribution in [0.3, 0.4) is 0 Å². The molecule has 0 N–H and O–H groups in total. The van der Waals surface area contributed by atoms with E-state index in [4.69, 9.17) is 14.7 Å². The number of rotatable bonds is 3. The van der Waals surface area contributed by atoms with Gasteiger partial charge in [-0.05, 0) is 49.1 Å². The van der Waals surface area contributed by atoms with Crippen LogP contribution in [0.5, 0.6) is 5.75 Å². The van der Waals surface area contributed by atoms with E-state index >= 15 is 0 Å². The van der Waals surface area contributed by atoms with E-state index in [1.807, 2.05) is 12.1 Å². The van der Waals surface area contributed by atoms with Crippen molar-refractivity contribution in [3.63, 3.8) is 0 Å². The van der Waals surface area contributed by atoms with Gasteiger partial charge in [0.15, 0.2) is 0 Å². The lowest BCUT2D eigenvalue weighted by Crippen LogP contribution is -2.13. The summed E-state index contributed by atoms with van der Waals surface area (Å²) in [5, 5.41) is 0. The van der Waals surface area contributed by atoms with Crippen molar-refractivity contribution in [2.75, 3.05) is 7.11 Å². The van der Waals surface area contributed by atoms with Gasteiger partial charge in [-0.2, -0.15) is 0 Å². The van der Waals surface area contributed by atoms with Crippen molar-refractivity contribution in [2.45, 2.75) is 25.2 Å². The van der Waals surface area contributed by atoms with Crippen LogP contribution in [0.15, 0.2) is 72.8 Å². The fraction of sp³-hybridized carbons (Fsp3) is 0.200. The predicted molar refractivity (Wildman–Crippen MR) is 113 cm³/mol. The van der Waals surface area contributed by atoms with Crippen LogP contribution in [-0.2, 0) is 12.8 Å². The van der Waals surface area contributed by atoms with E-state index in [0.717, 1.165) is 47.8 Å². The van der Waals surface area contributed by atoms with Crippen LogP contribution in [0.4, 0.5) is 0 Å². The van der Waals surface area contributed by atoms with Gasteiger partial charge in [-0.1, -0.05) is 48.6 Å². The molecule has 0 bridgehead atoms. The molecule has 1 atom stereocenters. The van der Waals surface area contributed by atoms with Crippen LogP contribution in [0.25, 0.3) is 22.5 Å². The SMILES string of the molecule is COc1ccc(-c2nc(C3C=CC=CC3)nc3c2CCc2ccccc2-3)cc1. The maximum atomic E-state index is 5.33. The summed E-state index contributed by atoms with van der Waals surface area (Å²) in [6, 6.07) is 16.8. The third kappa shape index (κ3) is 2.93. The number of hydrogen-bond donors (Lipinski definition) is 0. The minimum absolute atomic E-state index is 0.224. The average molecular weight is 366 g/mol. The summed E-state index contributed by atoms with van der Waals surface area (Å²) < 4.78 is 5.33. The molecular weight excluding hydrogens is 344 g/mol. The number of ether oxygens (including phenoxy) is 1. The zero-order valence-electron chi connectivity index (χ0n) is 15.9. The zero-order valence-corrected chi connectivity index (χ0v) is 15.9. The first-order chi connectivity index (χ1) is 13.8. The Morgan fingerprint density at radius 1 is 0.893 bits per heavy atom. The number of aryl methyl sites for hydroxylation is 1. The Bertz CT molecular complexity index is 1080. The van der Waals surface area contributed by atoms with Crippen molar-refractivity contribution < 1.29 is 4.74 Å². The van der Waals surface area contributed by atoms with E-state index < -0.39 is 0 Å². The van der Waals surface area contributed by atoms with Crippen LogP contribution in [0.1, 0.15) is 29.3 Å². The van der Waals surface area contributed by atoms with Crippen LogP contribution in [0, 0.1) is 0 Å². The Kier molecular flexibility index (Phi) is 4.28.